The molecule has 1 atom stereocenters. The molecule has 100 valence electrons. The molecule has 0 radical (unpaired) electrons. The van der Waals surface area contributed by atoms with Gasteiger partial charge < -0.3 is 5.32 Å². The Labute approximate surface area is 109 Å². The van der Waals surface area contributed by atoms with Crippen molar-refractivity contribution in [2.75, 3.05) is 0 Å². The van der Waals surface area contributed by atoms with Crippen LogP contribution in [0.3, 0.4) is 0 Å². The van der Waals surface area contributed by atoms with E-state index in [4.69, 9.17) is 0 Å². The number of hydrogen-bond donors (Lipinski definition) is 1. The highest BCUT2D eigenvalue weighted by molar-refractivity contribution is 5.76. The highest BCUT2D eigenvalue weighted by atomic mass is 19.1. The van der Waals surface area contributed by atoms with Crippen LogP contribution < -0.4 is 5.32 Å². The first-order valence-electron chi connectivity index (χ1n) is 6.36. The first-order valence-corrected chi connectivity index (χ1v) is 6.36. The molecule has 0 aliphatic rings. The van der Waals surface area contributed by atoms with Crippen LogP contribution in [0, 0.1) is 11.2 Å². The van der Waals surface area contributed by atoms with Crippen molar-refractivity contribution in [2.24, 2.45) is 5.41 Å². The van der Waals surface area contributed by atoms with E-state index in [1.165, 1.54) is 12.1 Å². The SMILES string of the molecule is CCC(=O)NC(CC(C)(C)C)c1ccc(F)cc1. The molecule has 3 heteroatoms. The Morgan fingerprint density at radius 2 is 1.83 bits per heavy atom. The van der Waals surface area contributed by atoms with E-state index in [0.29, 0.717) is 6.42 Å². The van der Waals surface area contributed by atoms with Crippen LogP contribution in [0.15, 0.2) is 24.3 Å². The molecular formula is C15H22FNO. The monoisotopic (exact) mass is 251 g/mol. The minimum Gasteiger partial charge on any atom is -0.349 e. The van der Waals surface area contributed by atoms with Gasteiger partial charge in [0, 0.05) is 6.42 Å². The summed E-state index contributed by atoms with van der Waals surface area (Å²) in [4.78, 5) is 11.6. The lowest BCUT2D eigenvalue weighted by atomic mass is 9.85. The topological polar surface area (TPSA) is 29.1 Å². The second-order valence-corrected chi connectivity index (χ2v) is 5.79. The van der Waals surface area contributed by atoms with Crippen LogP contribution >= 0.6 is 0 Å². The van der Waals surface area contributed by atoms with Crippen LogP contribution in [-0.4, -0.2) is 5.91 Å². The maximum absolute atomic E-state index is 12.9. The second kappa shape index (κ2) is 5.98. The van der Waals surface area contributed by atoms with Gasteiger partial charge >= 0.3 is 0 Å². The minimum atomic E-state index is -0.255. The van der Waals surface area contributed by atoms with Gasteiger partial charge in [0.25, 0.3) is 0 Å². The van der Waals surface area contributed by atoms with Crippen molar-refractivity contribution in [1.29, 1.82) is 0 Å². The zero-order chi connectivity index (χ0) is 13.8. The second-order valence-electron chi connectivity index (χ2n) is 5.79. The van der Waals surface area contributed by atoms with E-state index in [9.17, 15) is 9.18 Å². The molecule has 0 saturated carbocycles. The van der Waals surface area contributed by atoms with E-state index in [2.05, 4.69) is 26.1 Å². The molecule has 1 unspecified atom stereocenters. The molecule has 0 aliphatic heterocycles. The maximum atomic E-state index is 12.9. The summed E-state index contributed by atoms with van der Waals surface area (Å²) < 4.78 is 12.9. The first kappa shape index (κ1) is 14.7. The molecule has 2 nitrogen and oxygen atoms in total. The Morgan fingerprint density at radius 3 is 2.28 bits per heavy atom. The van der Waals surface area contributed by atoms with Gasteiger partial charge in [-0.05, 0) is 29.5 Å². The van der Waals surface area contributed by atoms with Crippen molar-refractivity contribution in [3.05, 3.63) is 35.6 Å². The number of amides is 1. The summed E-state index contributed by atoms with van der Waals surface area (Å²) in [5.41, 5.74) is 1.05. The molecule has 0 spiro atoms. The average Bonchev–Trinajstić information content (AvgIpc) is 2.27. The standard InChI is InChI=1S/C15H22FNO/c1-5-14(18)17-13(10-15(2,3)4)11-6-8-12(16)9-7-11/h6-9,13H,5,10H2,1-4H3,(H,17,18). The van der Waals surface area contributed by atoms with Crippen molar-refractivity contribution in [2.45, 2.75) is 46.6 Å². The van der Waals surface area contributed by atoms with Crippen molar-refractivity contribution in [1.82, 2.24) is 5.32 Å². The zero-order valence-corrected chi connectivity index (χ0v) is 11.6. The summed E-state index contributed by atoms with van der Waals surface area (Å²) >= 11 is 0. The van der Waals surface area contributed by atoms with Gasteiger partial charge in [-0.15, -0.1) is 0 Å². The fourth-order valence-corrected chi connectivity index (χ4v) is 1.86. The van der Waals surface area contributed by atoms with Crippen LogP contribution in [0.2, 0.25) is 0 Å². The predicted molar refractivity (Wildman–Crippen MR) is 71.6 cm³/mol. The van der Waals surface area contributed by atoms with Gasteiger partial charge in [-0.2, -0.15) is 0 Å². The van der Waals surface area contributed by atoms with Crippen LogP contribution in [0.5, 0.6) is 0 Å². The number of nitrogens with one attached hydrogen (secondary N) is 1. The largest absolute Gasteiger partial charge is 0.349 e. The first-order chi connectivity index (χ1) is 8.31. The van der Waals surface area contributed by atoms with Crippen LogP contribution in [-0.2, 0) is 4.79 Å². The smallest absolute Gasteiger partial charge is 0.220 e. The third-order valence-electron chi connectivity index (χ3n) is 2.75. The van der Waals surface area contributed by atoms with Crippen LogP contribution in [0.1, 0.15) is 52.1 Å². The molecule has 1 aromatic rings. The fraction of sp³-hybridized carbons (Fsp3) is 0.533. The number of carbonyl (C=O) groups excluding carboxylic acids is 1. The molecular weight excluding hydrogens is 229 g/mol. The Balaban J connectivity index is 2.89. The van der Waals surface area contributed by atoms with E-state index in [1.54, 1.807) is 12.1 Å². The normalized spacial score (nSPS) is 13.2. The molecule has 0 heterocycles. The van der Waals surface area contributed by atoms with Gasteiger partial charge in [0.05, 0.1) is 6.04 Å². The van der Waals surface area contributed by atoms with Crippen molar-refractivity contribution >= 4 is 5.91 Å². The highest BCUT2D eigenvalue weighted by Crippen LogP contribution is 2.29. The third kappa shape index (κ3) is 4.86. The molecule has 0 aromatic heterocycles. The van der Waals surface area contributed by atoms with Crippen molar-refractivity contribution in [3.63, 3.8) is 0 Å². The number of hydrogen-bond acceptors (Lipinski definition) is 1. The molecule has 1 aromatic carbocycles. The number of rotatable bonds is 4. The fourth-order valence-electron chi connectivity index (χ4n) is 1.86. The third-order valence-corrected chi connectivity index (χ3v) is 2.75. The van der Waals surface area contributed by atoms with Crippen molar-refractivity contribution in [3.8, 4) is 0 Å². The van der Waals surface area contributed by atoms with E-state index in [0.717, 1.165) is 12.0 Å². The van der Waals surface area contributed by atoms with Crippen LogP contribution in [0.25, 0.3) is 0 Å². The summed E-state index contributed by atoms with van der Waals surface area (Å²) in [7, 11) is 0. The maximum Gasteiger partial charge on any atom is 0.220 e. The van der Waals surface area contributed by atoms with E-state index in [-0.39, 0.29) is 23.2 Å². The Kier molecular flexibility index (Phi) is 4.88. The van der Waals surface area contributed by atoms with Crippen LogP contribution in [0.4, 0.5) is 4.39 Å². The molecule has 18 heavy (non-hydrogen) atoms. The van der Waals surface area contributed by atoms with Gasteiger partial charge in [0.2, 0.25) is 5.91 Å². The summed E-state index contributed by atoms with van der Waals surface area (Å²) in [5.74, 6) is -0.233. The molecule has 0 fully saturated rings. The Morgan fingerprint density at radius 1 is 1.28 bits per heavy atom. The van der Waals surface area contributed by atoms with E-state index < -0.39 is 0 Å². The quantitative estimate of drug-likeness (QED) is 0.865. The average molecular weight is 251 g/mol. The number of benzene rings is 1. The summed E-state index contributed by atoms with van der Waals surface area (Å²) in [6.45, 7) is 8.21. The summed E-state index contributed by atoms with van der Waals surface area (Å²) in [6.07, 6.45) is 1.28. The van der Waals surface area contributed by atoms with Gasteiger partial charge in [-0.1, -0.05) is 39.8 Å². The summed E-state index contributed by atoms with van der Waals surface area (Å²) in [6, 6.07) is 6.29. The van der Waals surface area contributed by atoms with Crippen molar-refractivity contribution < 1.29 is 9.18 Å². The lowest BCUT2D eigenvalue weighted by Crippen LogP contribution is -2.30. The molecule has 0 saturated heterocycles. The van der Waals surface area contributed by atoms with E-state index in [1.807, 2.05) is 6.92 Å². The predicted octanol–water partition coefficient (Wildman–Crippen LogP) is 3.83. The van der Waals surface area contributed by atoms with Gasteiger partial charge in [-0.3, -0.25) is 4.79 Å². The van der Waals surface area contributed by atoms with Gasteiger partial charge in [-0.25, -0.2) is 4.39 Å². The lowest BCUT2D eigenvalue weighted by molar-refractivity contribution is -0.121. The Hall–Kier alpha value is -1.38. The van der Waals surface area contributed by atoms with E-state index >= 15 is 0 Å². The minimum absolute atomic E-state index is 0.0218. The number of carbonyl (C=O) groups is 1. The lowest BCUT2D eigenvalue weighted by Gasteiger charge is -2.27. The summed E-state index contributed by atoms with van der Waals surface area (Å²) in [5, 5.41) is 3.00. The highest BCUT2D eigenvalue weighted by Gasteiger charge is 2.21. The zero-order valence-electron chi connectivity index (χ0n) is 11.6. The molecule has 0 bridgehead atoms. The molecule has 1 rings (SSSR count). The Bertz CT molecular complexity index is 392. The van der Waals surface area contributed by atoms with Gasteiger partial charge in [0.1, 0.15) is 5.82 Å². The number of halogens is 1. The molecule has 0 aliphatic carbocycles. The molecule has 1 amide bonds. The molecule has 1 N–H and O–H groups in total. The van der Waals surface area contributed by atoms with Gasteiger partial charge in [0.15, 0.2) is 0 Å².